The number of urea groups is 1. The highest BCUT2D eigenvalue weighted by atomic mass is 79.9. The van der Waals surface area contributed by atoms with Gasteiger partial charge >= 0.3 is 6.03 Å². The lowest BCUT2D eigenvalue weighted by Crippen LogP contribution is -2.38. The maximum atomic E-state index is 12.0. The molecule has 0 aromatic heterocycles. The Kier molecular flexibility index (Phi) is 5.30. The lowest BCUT2D eigenvalue weighted by molar-refractivity contribution is -0.125. The summed E-state index contributed by atoms with van der Waals surface area (Å²) in [4.78, 5) is 24.6. The van der Waals surface area contributed by atoms with Crippen molar-refractivity contribution in [2.75, 3.05) is 31.6 Å². The molecule has 21 heavy (non-hydrogen) atoms. The Morgan fingerprint density at radius 2 is 2.33 bits per heavy atom. The van der Waals surface area contributed by atoms with E-state index in [9.17, 15) is 9.59 Å². The van der Waals surface area contributed by atoms with E-state index in [4.69, 9.17) is 16.3 Å². The largest absolute Gasteiger partial charge is 0.491 e. The van der Waals surface area contributed by atoms with Crippen LogP contribution >= 0.6 is 27.5 Å². The van der Waals surface area contributed by atoms with E-state index in [1.807, 2.05) is 6.92 Å². The van der Waals surface area contributed by atoms with Gasteiger partial charge in [-0.2, -0.15) is 0 Å². The average molecular weight is 377 g/mol. The van der Waals surface area contributed by atoms with Crippen molar-refractivity contribution < 1.29 is 14.3 Å². The van der Waals surface area contributed by atoms with E-state index in [1.54, 1.807) is 12.1 Å². The first-order chi connectivity index (χ1) is 10.0. The van der Waals surface area contributed by atoms with Crippen molar-refractivity contribution in [3.8, 4) is 5.75 Å². The highest BCUT2D eigenvalue weighted by Gasteiger charge is 2.25. The summed E-state index contributed by atoms with van der Waals surface area (Å²) in [5.41, 5.74) is 0.601. The van der Waals surface area contributed by atoms with E-state index in [-0.39, 0.29) is 18.5 Å². The van der Waals surface area contributed by atoms with Crippen LogP contribution in [0.15, 0.2) is 16.6 Å². The first kappa shape index (κ1) is 15.9. The number of halogens is 2. The van der Waals surface area contributed by atoms with Gasteiger partial charge in [-0.3, -0.25) is 9.69 Å². The summed E-state index contributed by atoms with van der Waals surface area (Å²) in [6.07, 6.45) is 0. The highest BCUT2D eigenvalue weighted by molar-refractivity contribution is 9.10. The van der Waals surface area contributed by atoms with Gasteiger partial charge in [0.05, 0.1) is 23.3 Å². The molecule has 2 rings (SSSR count). The van der Waals surface area contributed by atoms with Gasteiger partial charge in [0.1, 0.15) is 0 Å². The van der Waals surface area contributed by atoms with Gasteiger partial charge in [-0.05, 0) is 35.0 Å². The number of benzene rings is 1. The molecule has 1 saturated heterocycles. The smallest absolute Gasteiger partial charge is 0.324 e. The Bertz CT molecular complexity index is 568. The average Bonchev–Trinajstić information content (AvgIpc) is 2.85. The van der Waals surface area contributed by atoms with Gasteiger partial charge in [0, 0.05) is 18.1 Å². The molecule has 1 aromatic carbocycles. The minimum atomic E-state index is -0.362. The lowest BCUT2D eigenvalue weighted by atomic mass is 10.3. The number of hydrogen-bond donors (Lipinski definition) is 2. The fraction of sp³-hybridized carbons (Fsp3) is 0.385. The lowest BCUT2D eigenvalue weighted by Gasteiger charge is -2.16. The van der Waals surface area contributed by atoms with Gasteiger partial charge in [0.15, 0.2) is 5.75 Å². The molecule has 0 spiro atoms. The van der Waals surface area contributed by atoms with Crippen molar-refractivity contribution in [2.45, 2.75) is 6.92 Å². The SMILES string of the molecule is CCOc1c(Br)cc(Cl)cc1NCC(=O)N1CCNC1=O. The fourth-order valence-corrected chi connectivity index (χ4v) is 2.88. The van der Waals surface area contributed by atoms with Crippen LogP contribution in [0.3, 0.4) is 0 Å². The van der Waals surface area contributed by atoms with Crippen molar-refractivity contribution in [2.24, 2.45) is 0 Å². The molecule has 0 unspecified atom stereocenters. The third-order valence-corrected chi connectivity index (χ3v) is 3.69. The van der Waals surface area contributed by atoms with Crippen LogP contribution in [0.5, 0.6) is 5.75 Å². The zero-order valence-electron chi connectivity index (χ0n) is 11.4. The van der Waals surface area contributed by atoms with Crippen molar-refractivity contribution >= 4 is 45.2 Å². The second kappa shape index (κ2) is 7.00. The quantitative estimate of drug-likeness (QED) is 0.828. The second-order valence-electron chi connectivity index (χ2n) is 4.33. The normalized spacial score (nSPS) is 14.0. The van der Waals surface area contributed by atoms with Crippen LogP contribution in [0.25, 0.3) is 0 Å². The highest BCUT2D eigenvalue weighted by Crippen LogP contribution is 2.36. The summed E-state index contributed by atoms with van der Waals surface area (Å²) in [5.74, 6) is 0.282. The number of carbonyl (C=O) groups excluding carboxylic acids is 2. The van der Waals surface area contributed by atoms with E-state index in [0.29, 0.717) is 40.6 Å². The third-order valence-electron chi connectivity index (χ3n) is 2.88. The molecule has 114 valence electrons. The molecule has 0 radical (unpaired) electrons. The maximum absolute atomic E-state index is 12.0. The Morgan fingerprint density at radius 1 is 1.57 bits per heavy atom. The maximum Gasteiger partial charge on any atom is 0.324 e. The molecular formula is C13H15BrClN3O3. The number of rotatable bonds is 5. The molecule has 0 atom stereocenters. The number of nitrogens with zero attached hydrogens (tertiary/aromatic N) is 1. The molecule has 8 heteroatoms. The molecule has 0 aliphatic carbocycles. The summed E-state index contributed by atoms with van der Waals surface area (Å²) < 4.78 is 6.23. The number of ether oxygens (including phenoxy) is 1. The van der Waals surface area contributed by atoms with Gasteiger partial charge < -0.3 is 15.4 Å². The van der Waals surface area contributed by atoms with E-state index in [2.05, 4.69) is 26.6 Å². The summed E-state index contributed by atoms with van der Waals surface area (Å²) in [7, 11) is 0. The van der Waals surface area contributed by atoms with Crippen molar-refractivity contribution in [3.63, 3.8) is 0 Å². The van der Waals surface area contributed by atoms with Crippen molar-refractivity contribution in [1.82, 2.24) is 10.2 Å². The van der Waals surface area contributed by atoms with Gasteiger partial charge in [-0.15, -0.1) is 0 Å². The number of anilines is 1. The van der Waals surface area contributed by atoms with Crippen LogP contribution in [0.4, 0.5) is 10.5 Å². The fourth-order valence-electron chi connectivity index (χ4n) is 1.96. The van der Waals surface area contributed by atoms with E-state index < -0.39 is 0 Å². The van der Waals surface area contributed by atoms with Crippen LogP contribution < -0.4 is 15.4 Å². The molecule has 0 saturated carbocycles. The molecule has 2 N–H and O–H groups in total. The van der Waals surface area contributed by atoms with Gasteiger partial charge in [-0.1, -0.05) is 11.6 Å². The van der Waals surface area contributed by atoms with Gasteiger partial charge in [-0.25, -0.2) is 4.79 Å². The predicted molar refractivity (Wildman–Crippen MR) is 83.9 cm³/mol. The zero-order valence-corrected chi connectivity index (χ0v) is 13.8. The van der Waals surface area contributed by atoms with Gasteiger partial charge in [0.2, 0.25) is 5.91 Å². The minimum Gasteiger partial charge on any atom is -0.491 e. The van der Waals surface area contributed by atoms with E-state index >= 15 is 0 Å². The molecule has 0 bridgehead atoms. The molecule has 1 heterocycles. The van der Waals surface area contributed by atoms with Crippen molar-refractivity contribution in [3.05, 3.63) is 21.6 Å². The van der Waals surface area contributed by atoms with Crippen LogP contribution in [0, 0.1) is 0 Å². The first-order valence-electron chi connectivity index (χ1n) is 6.46. The molecule has 3 amide bonds. The summed E-state index contributed by atoms with van der Waals surface area (Å²) in [6, 6.07) is 3.03. The Balaban J connectivity index is 2.08. The number of amides is 3. The number of carbonyl (C=O) groups is 2. The standard InChI is InChI=1S/C13H15BrClN3O3/c1-2-21-12-9(14)5-8(15)6-10(12)17-7-11(19)18-4-3-16-13(18)20/h5-6,17H,2-4,7H2,1H3,(H,16,20). The molecule has 1 aliphatic rings. The van der Waals surface area contributed by atoms with E-state index in [1.165, 1.54) is 4.90 Å². The van der Waals surface area contributed by atoms with Gasteiger partial charge in [0.25, 0.3) is 0 Å². The van der Waals surface area contributed by atoms with Crippen LogP contribution in [-0.4, -0.2) is 43.1 Å². The minimum absolute atomic E-state index is 0.0136. The van der Waals surface area contributed by atoms with Crippen LogP contribution in [0.1, 0.15) is 6.92 Å². The Labute approximate surface area is 135 Å². The molecule has 6 nitrogen and oxygen atoms in total. The topological polar surface area (TPSA) is 70.7 Å². The first-order valence-corrected chi connectivity index (χ1v) is 7.64. The summed E-state index contributed by atoms with van der Waals surface area (Å²) >= 11 is 9.38. The molecule has 1 aliphatic heterocycles. The third kappa shape index (κ3) is 3.79. The Hall–Kier alpha value is -1.47. The van der Waals surface area contributed by atoms with Crippen LogP contribution in [-0.2, 0) is 4.79 Å². The number of hydrogen-bond acceptors (Lipinski definition) is 4. The predicted octanol–water partition coefficient (Wildman–Crippen LogP) is 2.46. The zero-order chi connectivity index (χ0) is 15.4. The Morgan fingerprint density at radius 3 is 2.95 bits per heavy atom. The summed E-state index contributed by atoms with van der Waals surface area (Å²) in [6.45, 7) is 3.20. The van der Waals surface area contributed by atoms with E-state index in [0.717, 1.165) is 0 Å². The van der Waals surface area contributed by atoms with Crippen LogP contribution in [0.2, 0.25) is 5.02 Å². The monoisotopic (exact) mass is 375 g/mol. The molecule has 1 fully saturated rings. The number of nitrogens with one attached hydrogen (secondary N) is 2. The number of imide groups is 1. The summed E-state index contributed by atoms with van der Waals surface area (Å²) in [5, 5.41) is 6.06. The molecular weight excluding hydrogens is 362 g/mol. The molecule has 1 aromatic rings. The van der Waals surface area contributed by atoms with Crippen molar-refractivity contribution in [1.29, 1.82) is 0 Å². The second-order valence-corrected chi connectivity index (χ2v) is 5.62.